The highest BCUT2D eigenvalue weighted by Crippen LogP contribution is 2.46. The lowest BCUT2D eigenvalue weighted by Crippen LogP contribution is -2.61. The van der Waals surface area contributed by atoms with Crippen molar-refractivity contribution in [2.45, 2.75) is 32.4 Å². The molecule has 2 atom stereocenters. The van der Waals surface area contributed by atoms with Gasteiger partial charge in [0.2, 0.25) is 5.75 Å². The molecule has 0 aliphatic heterocycles. The highest BCUT2D eigenvalue weighted by molar-refractivity contribution is 9.10. The van der Waals surface area contributed by atoms with Gasteiger partial charge in [-0.1, -0.05) is 13.8 Å². The minimum Gasteiger partial charge on any atom is -0.482 e. The van der Waals surface area contributed by atoms with Crippen LogP contribution in [0.1, 0.15) is 20.3 Å². The molecule has 20 heavy (non-hydrogen) atoms. The molecule has 2 unspecified atom stereocenters. The fraction of sp³-hybridized carbons (Fsp3) is 0.538. The summed E-state index contributed by atoms with van der Waals surface area (Å²) in [5.41, 5.74) is -0.503. The van der Waals surface area contributed by atoms with E-state index in [1.54, 1.807) is 0 Å². The Hall–Kier alpha value is -1.21. The number of benzene rings is 1. The zero-order valence-corrected chi connectivity index (χ0v) is 13.0. The van der Waals surface area contributed by atoms with Crippen LogP contribution < -0.4 is 10.1 Å². The largest absolute Gasteiger partial charge is 0.482 e. The Bertz CT molecular complexity index is 551. The van der Waals surface area contributed by atoms with Gasteiger partial charge in [0.15, 0.2) is 0 Å². The van der Waals surface area contributed by atoms with Crippen molar-refractivity contribution in [2.75, 3.05) is 7.05 Å². The SMILES string of the molecule is CNC1CC(Oc2c(Br)cc(F)cc2[N+](=O)[O-])C1(C)C. The fourth-order valence-corrected chi connectivity index (χ4v) is 3.03. The van der Waals surface area contributed by atoms with Crippen LogP contribution in [0.25, 0.3) is 0 Å². The van der Waals surface area contributed by atoms with Crippen molar-refractivity contribution in [1.29, 1.82) is 0 Å². The molecule has 1 aliphatic carbocycles. The van der Waals surface area contributed by atoms with E-state index in [-0.39, 0.29) is 27.4 Å². The molecule has 0 spiro atoms. The van der Waals surface area contributed by atoms with Gasteiger partial charge in [0.1, 0.15) is 11.9 Å². The van der Waals surface area contributed by atoms with Crippen molar-refractivity contribution >= 4 is 21.6 Å². The van der Waals surface area contributed by atoms with Crippen molar-refractivity contribution in [1.82, 2.24) is 5.32 Å². The molecule has 0 saturated heterocycles. The number of halogens is 2. The van der Waals surface area contributed by atoms with Crippen LogP contribution in [0.5, 0.6) is 5.75 Å². The predicted octanol–water partition coefficient (Wildman–Crippen LogP) is 3.26. The molecule has 1 aliphatic rings. The molecule has 1 aromatic rings. The van der Waals surface area contributed by atoms with Crippen LogP contribution in [0.2, 0.25) is 0 Å². The maximum Gasteiger partial charge on any atom is 0.315 e. The van der Waals surface area contributed by atoms with Crippen LogP contribution in [0.4, 0.5) is 10.1 Å². The molecule has 7 heteroatoms. The van der Waals surface area contributed by atoms with Gasteiger partial charge in [0, 0.05) is 17.9 Å². The average Bonchev–Trinajstić information content (AvgIpc) is 2.34. The van der Waals surface area contributed by atoms with Crippen LogP contribution in [-0.4, -0.2) is 24.1 Å². The van der Waals surface area contributed by atoms with Crippen molar-refractivity contribution < 1.29 is 14.1 Å². The second-order valence-electron chi connectivity index (χ2n) is 5.50. The smallest absolute Gasteiger partial charge is 0.315 e. The van der Waals surface area contributed by atoms with E-state index in [9.17, 15) is 14.5 Å². The quantitative estimate of drug-likeness (QED) is 0.671. The van der Waals surface area contributed by atoms with Gasteiger partial charge in [0.05, 0.1) is 15.5 Å². The summed E-state index contributed by atoms with van der Waals surface area (Å²) in [4.78, 5) is 10.4. The number of ether oxygens (including phenoxy) is 1. The third-order valence-electron chi connectivity index (χ3n) is 3.97. The lowest BCUT2D eigenvalue weighted by Gasteiger charge is -2.51. The zero-order chi connectivity index (χ0) is 15.1. The second-order valence-corrected chi connectivity index (χ2v) is 6.35. The van der Waals surface area contributed by atoms with Crippen molar-refractivity contribution in [2.24, 2.45) is 5.41 Å². The Morgan fingerprint density at radius 2 is 2.20 bits per heavy atom. The Balaban J connectivity index is 2.29. The lowest BCUT2D eigenvalue weighted by molar-refractivity contribution is -0.386. The minimum atomic E-state index is -0.670. The summed E-state index contributed by atoms with van der Waals surface area (Å²) in [6.07, 6.45) is 0.602. The molecule has 1 fully saturated rings. The van der Waals surface area contributed by atoms with Crippen LogP contribution in [0.15, 0.2) is 16.6 Å². The first-order valence-corrected chi connectivity index (χ1v) is 7.04. The second kappa shape index (κ2) is 5.29. The fourth-order valence-electron chi connectivity index (χ4n) is 2.52. The monoisotopic (exact) mass is 346 g/mol. The standard InChI is InChI=1S/C13H16BrFN2O3/c1-13(2)10(16-3)6-11(13)20-12-8(14)4-7(15)5-9(12)17(18)19/h4-5,10-11,16H,6H2,1-3H3. The number of nitrogens with one attached hydrogen (secondary N) is 1. The van der Waals surface area contributed by atoms with Crippen LogP contribution in [0.3, 0.4) is 0 Å². The van der Waals surface area contributed by atoms with Crippen molar-refractivity contribution in [3.8, 4) is 5.75 Å². The summed E-state index contributed by atoms with van der Waals surface area (Å²) >= 11 is 3.13. The maximum absolute atomic E-state index is 13.3. The number of hydrogen-bond acceptors (Lipinski definition) is 4. The Morgan fingerprint density at radius 3 is 2.70 bits per heavy atom. The minimum absolute atomic E-state index is 0.0871. The van der Waals surface area contributed by atoms with Gasteiger partial charge in [-0.3, -0.25) is 10.1 Å². The molecule has 0 bridgehead atoms. The van der Waals surface area contributed by atoms with E-state index in [0.29, 0.717) is 6.04 Å². The molecule has 0 aromatic heterocycles. The van der Waals surface area contributed by atoms with E-state index >= 15 is 0 Å². The number of nitro groups is 1. The van der Waals surface area contributed by atoms with Gasteiger partial charge >= 0.3 is 5.69 Å². The summed E-state index contributed by atoms with van der Waals surface area (Å²) < 4.78 is 19.3. The first-order valence-electron chi connectivity index (χ1n) is 6.24. The van der Waals surface area contributed by atoms with E-state index in [0.717, 1.165) is 12.5 Å². The first-order chi connectivity index (χ1) is 9.27. The Morgan fingerprint density at radius 1 is 1.55 bits per heavy atom. The van der Waals surface area contributed by atoms with Gasteiger partial charge in [-0.25, -0.2) is 4.39 Å². The predicted molar refractivity (Wildman–Crippen MR) is 76.4 cm³/mol. The molecule has 2 rings (SSSR count). The number of hydrogen-bond donors (Lipinski definition) is 1. The summed E-state index contributed by atoms with van der Waals surface area (Å²) in [6.45, 7) is 4.07. The first kappa shape index (κ1) is 15.2. The van der Waals surface area contributed by atoms with E-state index in [2.05, 4.69) is 21.2 Å². The van der Waals surface area contributed by atoms with Gasteiger partial charge in [-0.15, -0.1) is 0 Å². The molecule has 0 radical (unpaired) electrons. The van der Waals surface area contributed by atoms with Gasteiger partial charge < -0.3 is 10.1 Å². The zero-order valence-electron chi connectivity index (χ0n) is 11.4. The highest BCUT2D eigenvalue weighted by atomic mass is 79.9. The van der Waals surface area contributed by atoms with Crippen molar-refractivity contribution in [3.63, 3.8) is 0 Å². The molecule has 110 valence electrons. The normalized spacial score (nSPS) is 24.1. The van der Waals surface area contributed by atoms with Gasteiger partial charge in [0.25, 0.3) is 0 Å². The summed E-state index contributed by atoms with van der Waals surface area (Å²) in [5.74, 6) is -0.582. The molecule has 1 N–H and O–H groups in total. The summed E-state index contributed by atoms with van der Waals surface area (Å²) in [6, 6.07) is 2.34. The topological polar surface area (TPSA) is 64.4 Å². The molecule has 5 nitrogen and oxygen atoms in total. The van der Waals surface area contributed by atoms with Crippen LogP contribution >= 0.6 is 15.9 Å². The average molecular weight is 347 g/mol. The molecule has 0 heterocycles. The molecular weight excluding hydrogens is 331 g/mol. The lowest BCUT2D eigenvalue weighted by atomic mass is 9.64. The number of rotatable bonds is 4. The van der Waals surface area contributed by atoms with Crippen LogP contribution in [0, 0.1) is 21.3 Å². The van der Waals surface area contributed by atoms with E-state index in [4.69, 9.17) is 4.74 Å². The Labute approximate surface area is 124 Å². The van der Waals surface area contributed by atoms with E-state index < -0.39 is 10.7 Å². The van der Waals surface area contributed by atoms with E-state index in [1.165, 1.54) is 6.07 Å². The number of nitrogens with zero attached hydrogens (tertiary/aromatic N) is 1. The van der Waals surface area contributed by atoms with Gasteiger partial charge in [-0.2, -0.15) is 0 Å². The molecule has 1 saturated carbocycles. The maximum atomic E-state index is 13.3. The number of nitro benzene ring substituents is 1. The highest BCUT2D eigenvalue weighted by Gasteiger charge is 2.50. The van der Waals surface area contributed by atoms with Crippen LogP contribution in [-0.2, 0) is 0 Å². The third-order valence-corrected chi connectivity index (χ3v) is 4.56. The summed E-state index contributed by atoms with van der Waals surface area (Å²) in [5, 5.41) is 14.2. The molecule has 0 amide bonds. The van der Waals surface area contributed by atoms with Gasteiger partial charge in [-0.05, 0) is 29.0 Å². The van der Waals surface area contributed by atoms with E-state index in [1.807, 2.05) is 20.9 Å². The molecular formula is C13H16BrFN2O3. The molecule has 1 aromatic carbocycles. The Kier molecular flexibility index (Phi) is 4.02. The summed E-state index contributed by atoms with van der Waals surface area (Å²) in [7, 11) is 1.87. The third kappa shape index (κ3) is 2.52. The van der Waals surface area contributed by atoms with Crippen molar-refractivity contribution in [3.05, 3.63) is 32.5 Å².